The smallest absolute Gasteiger partial charge is 0.0548 e. The molecule has 0 bridgehead atoms. The molecule has 262 valence electrons. The second kappa shape index (κ2) is 13.2. The molecule has 1 heterocycles. The zero-order valence-electron chi connectivity index (χ0n) is 30.7. The molecule has 0 N–H and O–H groups in total. The van der Waals surface area contributed by atoms with Crippen molar-refractivity contribution in [2.24, 2.45) is 0 Å². The molecule has 0 aliphatic heterocycles. The van der Waals surface area contributed by atoms with Gasteiger partial charge in [-0.05, 0) is 98.4 Å². The van der Waals surface area contributed by atoms with E-state index in [1.807, 2.05) is 0 Å². The van der Waals surface area contributed by atoms with Gasteiger partial charge in [0.15, 0.2) is 0 Å². The summed E-state index contributed by atoms with van der Waals surface area (Å²) in [5.74, 6) is 0. The van der Waals surface area contributed by atoms with Crippen LogP contribution in [0.4, 0.5) is 17.1 Å². The zero-order chi connectivity index (χ0) is 37.0. The largest absolute Gasteiger partial charge is 0.309 e. The highest BCUT2D eigenvalue weighted by Gasteiger charge is 2.21. The Kier molecular flexibility index (Phi) is 7.53. The van der Waals surface area contributed by atoms with Crippen molar-refractivity contribution in [1.29, 1.82) is 0 Å². The third-order valence-corrected chi connectivity index (χ3v) is 11.3. The van der Waals surface area contributed by atoms with Gasteiger partial charge in [-0.3, -0.25) is 0 Å². The van der Waals surface area contributed by atoms with E-state index in [1.54, 1.807) is 0 Å². The minimum atomic E-state index is 1.10. The summed E-state index contributed by atoms with van der Waals surface area (Å²) < 4.78 is 2.41. The van der Waals surface area contributed by atoms with Crippen LogP contribution in [0.5, 0.6) is 0 Å². The minimum absolute atomic E-state index is 1.10. The molecule has 0 fully saturated rings. The summed E-state index contributed by atoms with van der Waals surface area (Å²) in [7, 11) is 0. The van der Waals surface area contributed by atoms with E-state index in [0.717, 1.165) is 22.7 Å². The molecule has 0 spiro atoms. The maximum atomic E-state index is 2.45. The summed E-state index contributed by atoms with van der Waals surface area (Å²) in [6.45, 7) is 0. The van der Waals surface area contributed by atoms with E-state index in [0.29, 0.717) is 0 Å². The fourth-order valence-corrected chi connectivity index (χ4v) is 8.82. The van der Waals surface area contributed by atoms with Gasteiger partial charge in [0.1, 0.15) is 0 Å². The summed E-state index contributed by atoms with van der Waals surface area (Å²) in [5, 5.41) is 9.83. The second-order valence-electron chi connectivity index (χ2n) is 14.5. The van der Waals surface area contributed by atoms with Crippen LogP contribution >= 0.6 is 0 Å². The molecule has 0 saturated heterocycles. The van der Waals surface area contributed by atoms with Gasteiger partial charge in [0.2, 0.25) is 0 Å². The molecule has 1 aromatic heterocycles. The van der Waals surface area contributed by atoms with Crippen LogP contribution in [0.3, 0.4) is 0 Å². The van der Waals surface area contributed by atoms with Crippen LogP contribution in [0.15, 0.2) is 218 Å². The third-order valence-electron chi connectivity index (χ3n) is 11.3. The number of anilines is 3. The number of nitrogens with zero attached hydrogens (tertiary/aromatic N) is 2. The quantitative estimate of drug-likeness (QED) is 0.167. The SMILES string of the molecule is c1ccc(-c2cccc3cccc(-c4ccc(N(c5cccc6ccccc56)c5cccc6cc7c8ccccc8n(-c8ccccc8)c7cc56)cc4)c23)cc1. The van der Waals surface area contributed by atoms with Crippen molar-refractivity contribution in [3.8, 4) is 27.9 Å². The number of aromatic nitrogens is 1. The first kappa shape index (κ1) is 32.0. The van der Waals surface area contributed by atoms with Gasteiger partial charge in [-0.15, -0.1) is 0 Å². The molecule has 2 heteroatoms. The van der Waals surface area contributed by atoms with Crippen molar-refractivity contribution in [1.82, 2.24) is 4.57 Å². The third kappa shape index (κ3) is 5.19. The highest BCUT2D eigenvalue weighted by Crippen LogP contribution is 2.45. The number of benzene rings is 10. The molecular weight excluding hydrogens is 677 g/mol. The summed E-state index contributed by atoms with van der Waals surface area (Å²) in [6.07, 6.45) is 0. The van der Waals surface area contributed by atoms with Crippen LogP contribution in [0.1, 0.15) is 0 Å². The Balaban J connectivity index is 1.14. The minimum Gasteiger partial charge on any atom is -0.309 e. The van der Waals surface area contributed by atoms with Crippen molar-refractivity contribution in [3.63, 3.8) is 0 Å². The van der Waals surface area contributed by atoms with Gasteiger partial charge < -0.3 is 9.47 Å². The molecule has 0 aliphatic rings. The molecular formula is C54H36N2. The van der Waals surface area contributed by atoms with Crippen LogP contribution in [0.25, 0.3) is 82.1 Å². The van der Waals surface area contributed by atoms with Crippen LogP contribution in [0, 0.1) is 0 Å². The Morgan fingerprint density at radius 2 is 0.875 bits per heavy atom. The molecule has 0 atom stereocenters. The van der Waals surface area contributed by atoms with Gasteiger partial charge in [0.25, 0.3) is 0 Å². The van der Waals surface area contributed by atoms with Crippen LogP contribution in [-0.2, 0) is 0 Å². The van der Waals surface area contributed by atoms with E-state index in [9.17, 15) is 0 Å². The predicted molar refractivity (Wildman–Crippen MR) is 239 cm³/mol. The van der Waals surface area contributed by atoms with E-state index in [2.05, 4.69) is 228 Å². The second-order valence-corrected chi connectivity index (χ2v) is 14.5. The summed E-state index contributed by atoms with van der Waals surface area (Å²) in [5.41, 5.74) is 11.8. The zero-order valence-corrected chi connectivity index (χ0v) is 30.7. The summed E-state index contributed by atoms with van der Waals surface area (Å²) in [4.78, 5) is 2.45. The molecule has 0 saturated carbocycles. The number of fused-ring (bicyclic) bond motifs is 6. The topological polar surface area (TPSA) is 8.17 Å². The average molecular weight is 713 g/mol. The molecule has 0 amide bonds. The monoisotopic (exact) mass is 712 g/mol. The molecule has 56 heavy (non-hydrogen) atoms. The Bertz CT molecular complexity index is 3220. The van der Waals surface area contributed by atoms with Gasteiger partial charge in [-0.1, -0.05) is 164 Å². The lowest BCUT2D eigenvalue weighted by molar-refractivity contribution is 1.18. The van der Waals surface area contributed by atoms with Gasteiger partial charge in [-0.2, -0.15) is 0 Å². The Hall–Kier alpha value is -7.42. The van der Waals surface area contributed by atoms with Gasteiger partial charge >= 0.3 is 0 Å². The Labute approximate surface area is 325 Å². The summed E-state index contributed by atoms with van der Waals surface area (Å²) >= 11 is 0. The van der Waals surface area contributed by atoms with Crippen molar-refractivity contribution >= 4 is 71.2 Å². The fourth-order valence-electron chi connectivity index (χ4n) is 8.82. The predicted octanol–water partition coefficient (Wildman–Crippen LogP) is 15.0. The number of para-hydroxylation sites is 2. The van der Waals surface area contributed by atoms with Gasteiger partial charge in [0, 0.05) is 32.9 Å². The lowest BCUT2D eigenvalue weighted by Crippen LogP contribution is -2.11. The lowest BCUT2D eigenvalue weighted by Gasteiger charge is -2.28. The highest BCUT2D eigenvalue weighted by atomic mass is 15.1. The maximum absolute atomic E-state index is 2.45. The fraction of sp³-hybridized carbons (Fsp3) is 0. The number of hydrogen-bond donors (Lipinski definition) is 0. The molecule has 10 aromatic carbocycles. The van der Waals surface area contributed by atoms with Crippen molar-refractivity contribution in [3.05, 3.63) is 218 Å². The molecule has 0 aliphatic carbocycles. The number of hydrogen-bond acceptors (Lipinski definition) is 1. The lowest BCUT2D eigenvalue weighted by atomic mass is 9.91. The average Bonchev–Trinajstić information content (AvgIpc) is 3.59. The molecule has 2 nitrogen and oxygen atoms in total. The first-order valence-electron chi connectivity index (χ1n) is 19.3. The van der Waals surface area contributed by atoms with Gasteiger partial charge in [0.05, 0.1) is 22.4 Å². The van der Waals surface area contributed by atoms with E-state index in [1.165, 1.54) is 76.4 Å². The van der Waals surface area contributed by atoms with Crippen molar-refractivity contribution < 1.29 is 0 Å². The molecule has 11 aromatic rings. The molecule has 0 radical (unpaired) electrons. The Morgan fingerprint density at radius 3 is 1.62 bits per heavy atom. The standard InChI is InChI=1S/C54H36N2/c1-3-15-38(16-4-1)45-26-11-19-40-20-12-27-46(54(40)45)39-31-33-43(34-32-39)55(50-29-13-18-37-17-7-8-24-44(37)50)52-30-14-21-41-35-49-47-25-9-10-28-51(47)56(53(49)36-48(41)52)42-22-5-2-6-23-42/h1-36H. The molecule has 11 rings (SSSR count). The van der Waals surface area contributed by atoms with Crippen LogP contribution < -0.4 is 4.90 Å². The highest BCUT2D eigenvalue weighted by molar-refractivity contribution is 6.16. The first-order chi connectivity index (χ1) is 27.8. The first-order valence-corrected chi connectivity index (χ1v) is 19.3. The van der Waals surface area contributed by atoms with Crippen LogP contribution in [-0.4, -0.2) is 4.57 Å². The molecule has 0 unspecified atom stereocenters. The maximum Gasteiger partial charge on any atom is 0.0548 e. The van der Waals surface area contributed by atoms with E-state index >= 15 is 0 Å². The van der Waals surface area contributed by atoms with Crippen LogP contribution in [0.2, 0.25) is 0 Å². The van der Waals surface area contributed by atoms with E-state index < -0.39 is 0 Å². The van der Waals surface area contributed by atoms with E-state index in [-0.39, 0.29) is 0 Å². The number of rotatable bonds is 6. The normalized spacial score (nSPS) is 11.6. The Morgan fingerprint density at radius 1 is 0.321 bits per heavy atom. The van der Waals surface area contributed by atoms with Crippen molar-refractivity contribution in [2.45, 2.75) is 0 Å². The van der Waals surface area contributed by atoms with E-state index in [4.69, 9.17) is 0 Å². The summed E-state index contributed by atoms with van der Waals surface area (Å²) in [6, 6.07) is 79.5. The van der Waals surface area contributed by atoms with Gasteiger partial charge in [-0.25, -0.2) is 0 Å². The van der Waals surface area contributed by atoms with Crippen molar-refractivity contribution in [2.75, 3.05) is 4.90 Å².